The molecule has 1 unspecified atom stereocenters. The molecule has 0 saturated carbocycles. The van der Waals surface area contributed by atoms with E-state index in [1.165, 1.54) is 0 Å². The number of imidazole rings is 1. The molecule has 3 N–H and O–H groups in total. The number of hydrogen-bond donors (Lipinski definition) is 2. The van der Waals surface area contributed by atoms with Crippen molar-refractivity contribution >= 4 is 11.0 Å². The lowest BCUT2D eigenvalue weighted by molar-refractivity contribution is 0.306. The van der Waals surface area contributed by atoms with Crippen molar-refractivity contribution in [2.45, 2.75) is 38.8 Å². The van der Waals surface area contributed by atoms with Crippen molar-refractivity contribution in [3.05, 3.63) is 59.9 Å². The lowest BCUT2D eigenvalue weighted by Gasteiger charge is -2.06. The number of benzene rings is 2. The zero-order valence-corrected chi connectivity index (χ0v) is 13.5. The number of fused-ring (bicyclic) bond motifs is 1. The Bertz CT molecular complexity index is 752. The second-order valence-electron chi connectivity index (χ2n) is 5.82. The Hall–Kier alpha value is -2.33. The van der Waals surface area contributed by atoms with Crippen LogP contribution in [0.5, 0.6) is 5.75 Å². The number of rotatable bonds is 7. The highest BCUT2D eigenvalue weighted by atomic mass is 16.5. The van der Waals surface area contributed by atoms with E-state index in [0.29, 0.717) is 6.61 Å². The highest BCUT2D eigenvalue weighted by molar-refractivity contribution is 5.76. The molecule has 4 heteroatoms. The number of aromatic amines is 1. The zero-order chi connectivity index (χ0) is 16.1. The highest BCUT2D eigenvalue weighted by Crippen LogP contribution is 2.23. The summed E-state index contributed by atoms with van der Waals surface area (Å²) in [5, 5.41) is 0. The van der Waals surface area contributed by atoms with E-state index in [0.717, 1.165) is 47.4 Å². The van der Waals surface area contributed by atoms with Crippen LogP contribution in [0.3, 0.4) is 0 Å². The average Bonchev–Trinajstić information content (AvgIpc) is 3.02. The quantitative estimate of drug-likeness (QED) is 0.682. The largest absolute Gasteiger partial charge is 0.489 e. The minimum absolute atomic E-state index is 0.0314. The normalized spacial score (nSPS) is 12.4. The van der Waals surface area contributed by atoms with Gasteiger partial charge in [-0.05, 0) is 24.1 Å². The molecule has 4 nitrogen and oxygen atoms in total. The standard InChI is InChI=1S/C19H23N3O/c1-2-3-9-16(20)19-21-17-11-10-15(12-18(17)22-19)23-13-14-7-5-4-6-8-14/h4-8,10-12,16H,2-3,9,13,20H2,1H3,(H,21,22). The third-order valence-corrected chi connectivity index (χ3v) is 3.94. The molecule has 1 heterocycles. The van der Waals surface area contributed by atoms with Gasteiger partial charge in [-0.3, -0.25) is 0 Å². The monoisotopic (exact) mass is 309 g/mol. The van der Waals surface area contributed by atoms with E-state index in [-0.39, 0.29) is 6.04 Å². The lowest BCUT2D eigenvalue weighted by Crippen LogP contribution is -2.11. The van der Waals surface area contributed by atoms with Crippen LogP contribution in [0.15, 0.2) is 48.5 Å². The maximum absolute atomic E-state index is 6.19. The van der Waals surface area contributed by atoms with Gasteiger partial charge in [-0.1, -0.05) is 50.1 Å². The molecule has 1 aromatic heterocycles. The summed E-state index contributed by atoms with van der Waals surface area (Å²) in [7, 11) is 0. The van der Waals surface area contributed by atoms with Crippen molar-refractivity contribution in [2.75, 3.05) is 0 Å². The van der Waals surface area contributed by atoms with Crippen LogP contribution in [0.1, 0.15) is 43.6 Å². The van der Waals surface area contributed by atoms with E-state index < -0.39 is 0 Å². The second-order valence-corrected chi connectivity index (χ2v) is 5.82. The number of H-pyrrole nitrogens is 1. The zero-order valence-electron chi connectivity index (χ0n) is 13.5. The number of unbranched alkanes of at least 4 members (excludes halogenated alkanes) is 1. The van der Waals surface area contributed by atoms with Crippen molar-refractivity contribution in [3.63, 3.8) is 0 Å². The van der Waals surface area contributed by atoms with Crippen molar-refractivity contribution in [1.29, 1.82) is 0 Å². The smallest absolute Gasteiger partial charge is 0.124 e. The molecule has 2 aromatic carbocycles. The molecular formula is C19H23N3O. The first-order valence-corrected chi connectivity index (χ1v) is 8.18. The maximum Gasteiger partial charge on any atom is 0.124 e. The van der Waals surface area contributed by atoms with E-state index >= 15 is 0 Å². The Morgan fingerprint density at radius 1 is 1.17 bits per heavy atom. The highest BCUT2D eigenvalue weighted by Gasteiger charge is 2.11. The predicted octanol–water partition coefficient (Wildman–Crippen LogP) is 4.33. The van der Waals surface area contributed by atoms with Crippen LogP contribution in [0.25, 0.3) is 11.0 Å². The Morgan fingerprint density at radius 2 is 2.00 bits per heavy atom. The van der Waals surface area contributed by atoms with Gasteiger partial charge in [0.05, 0.1) is 17.1 Å². The van der Waals surface area contributed by atoms with E-state index in [4.69, 9.17) is 10.5 Å². The van der Waals surface area contributed by atoms with Crippen molar-refractivity contribution < 1.29 is 4.74 Å². The summed E-state index contributed by atoms with van der Waals surface area (Å²) in [5.41, 5.74) is 9.24. The summed E-state index contributed by atoms with van der Waals surface area (Å²) < 4.78 is 5.86. The molecule has 0 bridgehead atoms. The molecule has 1 atom stereocenters. The number of nitrogens with two attached hydrogens (primary N) is 1. The van der Waals surface area contributed by atoms with Crippen molar-refractivity contribution in [2.24, 2.45) is 5.73 Å². The minimum Gasteiger partial charge on any atom is -0.489 e. The fraction of sp³-hybridized carbons (Fsp3) is 0.316. The SMILES string of the molecule is CCCCC(N)c1nc2ccc(OCc3ccccc3)cc2[nH]1. The summed E-state index contributed by atoms with van der Waals surface area (Å²) in [5.74, 6) is 1.69. The van der Waals surface area contributed by atoms with Gasteiger partial charge in [-0.2, -0.15) is 0 Å². The Morgan fingerprint density at radius 3 is 2.78 bits per heavy atom. The molecule has 120 valence electrons. The molecule has 0 amide bonds. The molecule has 0 saturated heterocycles. The van der Waals surface area contributed by atoms with E-state index in [1.54, 1.807) is 0 Å². The first-order chi connectivity index (χ1) is 11.3. The van der Waals surface area contributed by atoms with Crippen LogP contribution in [0.4, 0.5) is 0 Å². The molecule has 23 heavy (non-hydrogen) atoms. The second kappa shape index (κ2) is 7.29. The minimum atomic E-state index is -0.0314. The molecule has 0 spiro atoms. The van der Waals surface area contributed by atoms with Crippen molar-refractivity contribution in [3.8, 4) is 5.75 Å². The van der Waals surface area contributed by atoms with Crippen LogP contribution in [0.2, 0.25) is 0 Å². The maximum atomic E-state index is 6.19. The number of nitrogens with zero attached hydrogens (tertiary/aromatic N) is 1. The van der Waals surface area contributed by atoms with E-state index in [2.05, 4.69) is 29.0 Å². The molecule has 3 aromatic rings. The van der Waals surface area contributed by atoms with Gasteiger partial charge in [0.25, 0.3) is 0 Å². The molecular weight excluding hydrogens is 286 g/mol. The average molecular weight is 309 g/mol. The van der Waals surface area contributed by atoms with Crippen molar-refractivity contribution in [1.82, 2.24) is 9.97 Å². The Balaban J connectivity index is 1.71. The number of hydrogen-bond acceptors (Lipinski definition) is 3. The fourth-order valence-electron chi connectivity index (χ4n) is 2.58. The summed E-state index contributed by atoms with van der Waals surface area (Å²) in [6.45, 7) is 2.73. The Labute approximate surface area is 136 Å². The van der Waals surface area contributed by atoms with E-state index in [9.17, 15) is 0 Å². The first-order valence-electron chi connectivity index (χ1n) is 8.18. The van der Waals surface area contributed by atoms with Gasteiger partial charge in [-0.25, -0.2) is 4.98 Å². The predicted molar refractivity (Wildman–Crippen MR) is 93.3 cm³/mol. The number of aromatic nitrogens is 2. The van der Waals surface area contributed by atoms with Gasteiger partial charge in [0.15, 0.2) is 0 Å². The topological polar surface area (TPSA) is 63.9 Å². The van der Waals surface area contributed by atoms with Crippen LogP contribution in [-0.2, 0) is 6.61 Å². The third kappa shape index (κ3) is 3.90. The van der Waals surface area contributed by atoms with Crippen LogP contribution in [0, 0.1) is 0 Å². The van der Waals surface area contributed by atoms with Gasteiger partial charge in [0.2, 0.25) is 0 Å². The molecule has 0 aliphatic carbocycles. The van der Waals surface area contributed by atoms with Crippen LogP contribution >= 0.6 is 0 Å². The fourth-order valence-corrected chi connectivity index (χ4v) is 2.58. The molecule has 0 aliphatic heterocycles. The van der Waals surface area contributed by atoms with E-state index in [1.807, 2.05) is 36.4 Å². The van der Waals surface area contributed by atoms with Gasteiger partial charge in [0, 0.05) is 6.07 Å². The number of nitrogens with one attached hydrogen (secondary N) is 1. The van der Waals surface area contributed by atoms with Gasteiger partial charge >= 0.3 is 0 Å². The van der Waals surface area contributed by atoms with Crippen LogP contribution in [-0.4, -0.2) is 9.97 Å². The molecule has 0 fully saturated rings. The summed E-state index contributed by atoms with van der Waals surface area (Å²) in [6.07, 6.45) is 3.21. The molecule has 0 radical (unpaired) electrons. The molecule has 3 rings (SSSR count). The van der Waals surface area contributed by atoms with Crippen LogP contribution < -0.4 is 10.5 Å². The van der Waals surface area contributed by atoms with Gasteiger partial charge in [0.1, 0.15) is 18.2 Å². The third-order valence-electron chi connectivity index (χ3n) is 3.94. The Kier molecular flexibility index (Phi) is 4.93. The van der Waals surface area contributed by atoms with Gasteiger partial charge < -0.3 is 15.5 Å². The summed E-state index contributed by atoms with van der Waals surface area (Å²) in [6, 6.07) is 16.0. The first kappa shape index (κ1) is 15.6. The lowest BCUT2D eigenvalue weighted by atomic mass is 10.1. The summed E-state index contributed by atoms with van der Waals surface area (Å²) in [4.78, 5) is 7.92. The summed E-state index contributed by atoms with van der Waals surface area (Å²) >= 11 is 0. The molecule has 0 aliphatic rings. The van der Waals surface area contributed by atoms with Gasteiger partial charge in [-0.15, -0.1) is 0 Å². The number of ether oxygens (including phenoxy) is 1.